The van der Waals surface area contributed by atoms with E-state index in [0.717, 1.165) is 31.0 Å². The summed E-state index contributed by atoms with van der Waals surface area (Å²) in [6, 6.07) is 18.6. The highest BCUT2D eigenvalue weighted by molar-refractivity contribution is 9.10. The first-order valence-electron chi connectivity index (χ1n) is 13.1. The molecule has 1 unspecified atom stereocenters. The molecule has 0 saturated heterocycles. The highest BCUT2D eigenvalue weighted by atomic mass is 79.9. The monoisotopic (exact) mass is 627 g/mol. The molecule has 1 N–H and O–H groups in total. The van der Waals surface area contributed by atoms with Gasteiger partial charge in [0, 0.05) is 16.6 Å². The van der Waals surface area contributed by atoms with E-state index in [-0.39, 0.29) is 17.3 Å². The lowest BCUT2D eigenvalue weighted by atomic mass is 10.1. The first-order chi connectivity index (χ1) is 18.6. The second kappa shape index (κ2) is 12.6. The lowest BCUT2D eigenvalue weighted by Crippen LogP contribution is -2.54. The minimum Gasteiger partial charge on any atom is -0.350 e. The number of sulfonamides is 1. The molecule has 0 aliphatic carbocycles. The summed E-state index contributed by atoms with van der Waals surface area (Å²) in [5, 5.41) is 2.94. The van der Waals surface area contributed by atoms with Crippen LogP contribution in [0.2, 0.25) is 0 Å². The van der Waals surface area contributed by atoms with E-state index in [9.17, 15) is 18.0 Å². The molecule has 0 saturated carbocycles. The van der Waals surface area contributed by atoms with Gasteiger partial charge in [-0.25, -0.2) is 8.42 Å². The number of nitrogens with zero attached hydrogens (tertiary/aromatic N) is 2. The van der Waals surface area contributed by atoms with Gasteiger partial charge in [0.1, 0.15) is 12.6 Å². The summed E-state index contributed by atoms with van der Waals surface area (Å²) in [6.07, 6.45) is 0. The van der Waals surface area contributed by atoms with Crippen LogP contribution >= 0.6 is 15.9 Å². The van der Waals surface area contributed by atoms with Crippen molar-refractivity contribution in [3.05, 3.63) is 93.5 Å². The maximum absolute atomic E-state index is 14.1. The average molecular weight is 629 g/mol. The Morgan fingerprint density at radius 1 is 0.925 bits per heavy atom. The van der Waals surface area contributed by atoms with Gasteiger partial charge in [-0.15, -0.1) is 0 Å². The normalized spacial score (nSPS) is 12.5. The molecule has 9 heteroatoms. The predicted molar refractivity (Wildman–Crippen MR) is 164 cm³/mol. The topological polar surface area (TPSA) is 86.8 Å². The van der Waals surface area contributed by atoms with E-state index in [2.05, 4.69) is 21.2 Å². The molecule has 0 fully saturated rings. The Hall–Kier alpha value is -3.17. The summed E-state index contributed by atoms with van der Waals surface area (Å²) < 4.78 is 30.0. The van der Waals surface area contributed by atoms with Gasteiger partial charge in [-0.05, 0) is 89.9 Å². The average Bonchev–Trinajstić information content (AvgIpc) is 2.85. The van der Waals surface area contributed by atoms with Crippen molar-refractivity contribution in [2.45, 2.75) is 71.5 Å². The number of carbonyl (C=O) groups excluding carboxylic acids is 2. The third kappa shape index (κ3) is 7.95. The zero-order valence-corrected chi connectivity index (χ0v) is 26.6. The van der Waals surface area contributed by atoms with Crippen molar-refractivity contribution in [1.82, 2.24) is 10.2 Å². The van der Waals surface area contributed by atoms with Gasteiger partial charge in [0.05, 0.1) is 10.6 Å². The van der Waals surface area contributed by atoms with Crippen LogP contribution in [0, 0.1) is 20.8 Å². The second-order valence-corrected chi connectivity index (χ2v) is 14.0. The SMILES string of the molecule is Cc1ccc(S(=O)(=O)N(CC(=O)N(Cc2cccc(Br)c2)C(C)C(=O)NC(C)(C)C)c2ccc(C)cc2C)cc1. The van der Waals surface area contributed by atoms with Crippen molar-refractivity contribution < 1.29 is 18.0 Å². The molecule has 214 valence electrons. The first-order valence-corrected chi connectivity index (χ1v) is 15.3. The largest absolute Gasteiger partial charge is 0.350 e. The van der Waals surface area contributed by atoms with Crippen LogP contribution < -0.4 is 9.62 Å². The third-order valence-electron chi connectivity index (χ3n) is 6.42. The third-order valence-corrected chi connectivity index (χ3v) is 8.68. The van der Waals surface area contributed by atoms with Crippen LogP contribution in [-0.4, -0.2) is 43.3 Å². The van der Waals surface area contributed by atoms with E-state index in [1.165, 1.54) is 4.90 Å². The van der Waals surface area contributed by atoms with E-state index in [0.29, 0.717) is 5.69 Å². The lowest BCUT2D eigenvalue weighted by Gasteiger charge is -2.34. The number of hydrogen-bond acceptors (Lipinski definition) is 4. The van der Waals surface area contributed by atoms with E-state index in [1.807, 2.05) is 77.9 Å². The van der Waals surface area contributed by atoms with Crippen molar-refractivity contribution in [1.29, 1.82) is 0 Å². The summed E-state index contributed by atoms with van der Waals surface area (Å²) in [7, 11) is -4.11. The zero-order chi connectivity index (χ0) is 29.8. The summed E-state index contributed by atoms with van der Waals surface area (Å²) in [5.41, 5.74) is 3.33. The van der Waals surface area contributed by atoms with Crippen molar-refractivity contribution in [2.24, 2.45) is 0 Å². The molecule has 3 rings (SSSR count). The van der Waals surface area contributed by atoms with Crippen molar-refractivity contribution in [2.75, 3.05) is 10.8 Å². The number of halogens is 1. The highest BCUT2D eigenvalue weighted by Gasteiger charge is 2.34. The van der Waals surface area contributed by atoms with Gasteiger partial charge < -0.3 is 10.2 Å². The molecule has 0 spiro atoms. The summed E-state index contributed by atoms with van der Waals surface area (Å²) in [5.74, 6) is -0.817. The van der Waals surface area contributed by atoms with E-state index in [4.69, 9.17) is 0 Å². The Morgan fingerprint density at radius 2 is 1.55 bits per heavy atom. The zero-order valence-electron chi connectivity index (χ0n) is 24.2. The molecule has 2 amide bonds. The summed E-state index contributed by atoms with van der Waals surface area (Å²) >= 11 is 3.47. The fraction of sp³-hybridized carbons (Fsp3) is 0.355. The van der Waals surface area contributed by atoms with Gasteiger partial charge in [0.25, 0.3) is 10.0 Å². The minimum absolute atomic E-state index is 0.0861. The van der Waals surface area contributed by atoms with E-state index < -0.39 is 34.1 Å². The van der Waals surface area contributed by atoms with Gasteiger partial charge in [-0.1, -0.05) is 63.5 Å². The van der Waals surface area contributed by atoms with Crippen LogP contribution in [0.15, 0.2) is 76.1 Å². The molecule has 0 aromatic heterocycles. The number of amides is 2. The maximum atomic E-state index is 14.1. The Morgan fingerprint density at radius 3 is 2.12 bits per heavy atom. The smallest absolute Gasteiger partial charge is 0.264 e. The number of hydrogen-bond donors (Lipinski definition) is 1. The van der Waals surface area contributed by atoms with Crippen LogP contribution in [0.3, 0.4) is 0 Å². The number of benzene rings is 3. The van der Waals surface area contributed by atoms with Crippen LogP contribution in [0.25, 0.3) is 0 Å². The van der Waals surface area contributed by atoms with Crippen LogP contribution in [0.4, 0.5) is 5.69 Å². The molecule has 40 heavy (non-hydrogen) atoms. The molecule has 0 heterocycles. The van der Waals surface area contributed by atoms with Gasteiger partial charge >= 0.3 is 0 Å². The number of aryl methyl sites for hydroxylation is 3. The van der Waals surface area contributed by atoms with Crippen molar-refractivity contribution >= 4 is 43.5 Å². The number of anilines is 1. The number of carbonyl (C=O) groups is 2. The molecular weight excluding hydrogens is 590 g/mol. The maximum Gasteiger partial charge on any atom is 0.264 e. The Balaban J connectivity index is 2.08. The fourth-order valence-electron chi connectivity index (χ4n) is 4.32. The first kappa shape index (κ1) is 31.4. The van der Waals surface area contributed by atoms with Gasteiger partial charge in [0.2, 0.25) is 11.8 Å². The quantitative estimate of drug-likeness (QED) is 0.320. The van der Waals surface area contributed by atoms with Crippen LogP contribution in [-0.2, 0) is 26.2 Å². The van der Waals surface area contributed by atoms with E-state index >= 15 is 0 Å². The number of rotatable bonds is 9. The van der Waals surface area contributed by atoms with Crippen LogP contribution in [0.5, 0.6) is 0 Å². The highest BCUT2D eigenvalue weighted by Crippen LogP contribution is 2.28. The molecule has 0 aliphatic heterocycles. The number of nitrogens with one attached hydrogen (secondary N) is 1. The van der Waals surface area contributed by atoms with E-state index in [1.54, 1.807) is 37.3 Å². The molecule has 0 radical (unpaired) electrons. The lowest BCUT2D eigenvalue weighted by molar-refractivity contribution is -0.140. The van der Waals surface area contributed by atoms with Gasteiger partial charge in [-0.3, -0.25) is 13.9 Å². The Kier molecular flexibility index (Phi) is 9.85. The molecular formula is C31H38BrN3O4S. The van der Waals surface area contributed by atoms with Crippen LogP contribution in [0.1, 0.15) is 49.9 Å². The summed E-state index contributed by atoms with van der Waals surface area (Å²) in [6.45, 7) is 12.6. The minimum atomic E-state index is -4.11. The molecule has 1 atom stereocenters. The predicted octanol–water partition coefficient (Wildman–Crippen LogP) is 5.90. The van der Waals surface area contributed by atoms with Crippen molar-refractivity contribution in [3.8, 4) is 0 Å². The van der Waals surface area contributed by atoms with Crippen molar-refractivity contribution in [3.63, 3.8) is 0 Å². The standard InChI is InChI=1S/C31H38BrN3O4S/c1-21-11-14-27(15-12-21)40(38,39)35(28-16-13-22(2)17-23(28)3)20-29(36)34(19-25-9-8-10-26(32)18-25)24(4)30(37)33-31(5,6)7/h8-18,24H,19-20H2,1-7H3,(H,33,37). The molecule has 0 bridgehead atoms. The molecule has 0 aliphatic rings. The molecule has 3 aromatic rings. The van der Waals surface area contributed by atoms with Gasteiger partial charge in [-0.2, -0.15) is 0 Å². The summed E-state index contributed by atoms with van der Waals surface area (Å²) in [4.78, 5) is 28.8. The molecule has 3 aromatic carbocycles. The Labute approximate surface area is 246 Å². The fourth-order valence-corrected chi connectivity index (χ4v) is 6.25. The molecule has 7 nitrogen and oxygen atoms in total. The Bertz CT molecular complexity index is 1480. The second-order valence-electron chi connectivity index (χ2n) is 11.2. The van der Waals surface area contributed by atoms with Gasteiger partial charge in [0.15, 0.2) is 0 Å².